The lowest BCUT2D eigenvalue weighted by molar-refractivity contribution is 0.414. The fourth-order valence-electron chi connectivity index (χ4n) is 2.57. The number of nitrogens with zero attached hydrogens (tertiary/aromatic N) is 4. The summed E-state index contributed by atoms with van der Waals surface area (Å²) in [6.07, 6.45) is 4.95. The molecule has 0 aliphatic heterocycles. The predicted molar refractivity (Wildman–Crippen MR) is 77.9 cm³/mol. The van der Waals surface area contributed by atoms with E-state index in [0.717, 1.165) is 16.7 Å². The Bertz CT molecular complexity index is 566. The van der Waals surface area contributed by atoms with E-state index in [2.05, 4.69) is 27.7 Å². The summed E-state index contributed by atoms with van der Waals surface area (Å²) in [6, 6.07) is 8.60. The van der Waals surface area contributed by atoms with Crippen LogP contribution in [0.5, 0.6) is 5.75 Å². The first-order valence-electron chi connectivity index (χ1n) is 6.90. The van der Waals surface area contributed by atoms with E-state index < -0.39 is 0 Å². The zero-order valence-corrected chi connectivity index (χ0v) is 12.3. The summed E-state index contributed by atoms with van der Waals surface area (Å²) >= 11 is 1.68. The quantitative estimate of drug-likeness (QED) is 0.792. The average Bonchev–Trinajstić information content (AvgIpc) is 3.16. The van der Waals surface area contributed by atoms with Crippen LogP contribution in [0.3, 0.4) is 0 Å². The van der Waals surface area contributed by atoms with Crippen molar-refractivity contribution in [1.82, 2.24) is 20.2 Å². The third-order valence-corrected chi connectivity index (χ3v) is 4.64. The minimum Gasteiger partial charge on any atom is -0.497 e. The molecule has 3 rings (SSSR count). The molecule has 1 aliphatic rings. The highest BCUT2D eigenvalue weighted by Crippen LogP contribution is 2.32. The van der Waals surface area contributed by atoms with Gasteiger partial charge in [0.1, 0.15) is 5.75 Å². The summed E-state index contributed by atoms with van der Waals surface area (Å²) in [5, 5.41) is 13.1. The fourth-order valence-corrected chi connectivity index (χ4v) is 3.46. The molecule has 0 bridgehead atoms. The predicted octanol–water partition coefficient (Wildman–Crippen LogP) is 3.09. The van der Waals surface area contributed by atoms with Gasteiger partial charge in [-0.05, 0) is 41.0 Å². The minimum absolute atomic E-state index is 0.484. The molecule has 1 heterocycles. The highest BCUT2D eigenvalue weighted by molar-refractivity contribution is 7.98. The highest BCUT2D eigenvalue weighted by atomic mass is 32.2. The summed E-state index contributed by atoms with van der Waals surface area (Å²) in [5.74, 6) is 1.74. The Morgan fingerprint density at radius 2 is 2.20 bits per heavy atom. The summed E-state index contributed by atoms with van der Waals surface area (Å²) in [6.45, 7) is 0. The number of ether oxygens (including phenoxy) is 1. The smallest absolute Gasteiger partial charge is 0.209 e. The lowest BCUT2D eigenvalue weighted by Gasteiger charge is -2.10. The van der Waals surface area contributed by atoms with E-state index in [0.29, 0.717) is 6.04 Å². The molecule has 1 aromatic heterocycles. The van der Waals surface area contributed by atoms with E-state index in [9.17, 15) is 0 Å². The second kappa shape index (κ2) is 6.26. The second-order valence-corrected chi connectivity index (χ2v) is 5.93. The maximum Gasteiger partial charge on any atom is 0.209 e. The van der Waals surface area contributed by atoms with E-state index in [4.69, 9.17) is 4.74 Å². The molecule has 0 saturated heterocycles. The molecule has 0 amide bonds. The van der Waals surface area contributed by atoms with Crippen LogP contribution in [-0.4, -0.2) is 27.3 Å². The molecule has 1 aromatic carbocycles. The summed E-state index contributed by atoms with van der Waals surface area (Å²) < 4.78 is 7.24. The van der Waals surface area contributed by atoms with Gasteiger partial charge in [0.2, 0.25) is 5.16 Å². The number of methoxy groups -OCH3 is 1. The van der Waals surface area contributed by atoms with Crippen LogP contribution in [0.15, 0.2) is 29.4 Å². The van der Waals surface area contributed by atoms with E-state index in [1.807, 2.05) is 16.8 Å². The van der Waals surface area contributed by atoms with E-state index >= 15 is 0 Å². The topological polar surface area (TPSA) is 52.8 Å². The maximum atomic E-state index is 5.24. The highest BCUT2D eigenvalue weighted by Gasteiger charge is 2.21. The van der Waals surface area contributed by atoms with Crippen molar-refractivity contribution >= 4 is 11.8 Å². The van der Waals surface area contributed by atoms with Crippen LogP contribution < -0.4 is 4.74 Å². The van der Waals surface area contributed by atoms with Crippen LogP contribution in [0.25, 0.3) is 0 Å². The monoisotopic (exact) mass is 290 g/mol. The second-order valence-electron chi connectivity index (χ2n) is 4.98. The molecule has 1 fully saturated rings. The SMILES string of the molecule is COc1cccc(CSc2nnnn2C2CCCC2)c1. The van der Waals surface area contributed by atoms with Gasteiger partial charge in [0.05, 0.1) is 13.2 Å². The van der Waals surface area contributed by atoms with Gasteiger partial charge in [-0.25, -0.2) is 4.68 Å². The Morgan fingerprint density at radius 1 is 1.35 bits per heavy atom. The molecule has 1 saturated carbocycles. The van der Waals surface area contributed by atoms with Crippen LogP contribution >= 0.6 is 11.8 Å². The van der Waals surface area contributed by atoms with Gasteiger partial charge in [-0.3, -0.25) is 0 Å². The Balaban J connectivity index is 1.67. The lowest BCUT2D eigenvalue weighted by Crippen LogP contribution is -2.08. The van der Waals surface area contributed by atoms with Crippen molar-refractivity contribution in [2.75, 3.05) is 7.11 Å². The number of benzene rings is 1. The molecule has 5 nitrogen and oxygen atoms in total. The molecule has 0 atom stereocenters. The Labute approximate surface area is 122 Å². The number of thioether (sulfide) groups is 1. The maximum absolute atomic E-state index is 5.24. The number of hydrogen-bond donors (Lipinski definition) is 0. The van der Waals surface area contributed by atoms with Crippen molar-refractivity contribution in [2.45, 2.75) is 42.6 Å². The summed E-state index contributed by atoms with van der Waals surface area (Å²) in [4.78, 5) is 0. The van der Waals surface area contributed by atoms with E-state index in [-0.39, 0.29) is 0 Å². The first-order chi connectivity index (χ1) is 9.86. The molecule has 0 radical (unpaired) electrons. The van der Waals surface area contributed by atoms with Crippen molar-refractivity contribution < 1.29 is 4.74 Å². The van der Waals surface area contributed by atoms with E-state index in [1.54, 1.807) is 18.9 Å². The molecule has 6 heteroatoms. The molecule has 106 valence electrons. The van der Waals surface area contributed by atoms with Crippen LogP contribution in [0.1, 0.15) is 37.3 Å². The van der Waals surface area contributed by atoms with Crippen LogP contribution in [0, 0.1) is 0 Å². The van der Waals surface area contributed by atoms with Gasteiger partial charge >= 0.3 is 0 Å². The average molecular weight is 290 g/mol. The van der Waals surface area contributed by atoms with Gasteiger partial charge in [0.25, 0.3) is 0 Å². The van der Waals surface area contributed by atoms with Gasteiger partial charge in [-0.15, -0.1) is 5.10 Å². The molecule has 0 N–H and O–H groups in total. The van der Waals surface area contributed by atoms with Crippen LogP contribution in [-0.2, 0) is 5.75 Å². The summed E-state index contributed by atoms with van der Waals surface area (Å²) in [7, 11) is 1.69. The van der Waals surface area contributed by atoms with Crippen LogP contribution in [0.2, 0.25) is 0 Å². The van der Waals surface area contributed by atoms with Crippen molar-refractivity contribution in [2.24, 2.45) is 0 Å². The van der Waals surface area contributed by atoms with Crippen molar-refractivity contribution in [1.29, 1.82) is 0 Å². The van der Waals surface area contributed by atoms with Gasteiger partial charge in [-0.2, -0.15) is 0 Å². The molecular weight excluding hydrogens is 272 g/mol. The zero-order chi connectivity index (χ0) is 13.8. The largest absolute Gasteiger partial charge is 0.497 e. The number of aromatic nitrogens is 4. The first kappa shape index (κ1) is 13.4. The third kappa shape index (κ3) is 2.95. The normalized spacial score (nSPS) is 15.7. The summed E-state index contributed by atoms with van der Waals surface area (Å²) in [5.41, 5.74) is 1.22. The number of tetrazole rings is 1. The van der Waals surface area contributed by atoms with Gasteiger partial charge < -0.3 is 4.74 Å². The number of hydrogen-bond acceptors (Lipinski definition) is 5. The van der Waals surface area contributed by atoms with Crippen molar-refractivity contribution in [3.8, 4) is 5.75 Å². The Hall–Kier alpha value is -1.56. The fraction of sp³-hybridized carbons (Fsp3) is 0.500. The van der Waals surface area contributed by atoms with E-state index in [1.165, 1.54) is 31.2 Å². The third-order valence-electron chi connectivity index (χ3n) is 3.64. The molecule has 1 aliphatic carbocycles. The zero-order valence-electron chi connectivity index (χ0n) is 11.5. The van der Waals surface area contributed by atoms with Gasteiger partial charge in [-0.1, -0.05) is 36.7 Å². The molecule has 0 unspecified atom stereocenters. The Morgan fingerprint density at radius 3 is 3.00 bits per heavy atom. The first-order valence-corrected chi connectivity index (χ1v) is 7.89. The Kier molecular flexibility index (Phi) is 4.20. The van der Waals surface area contributed by atoms with Gasteiger partial charge in [0.15, 0.2) is 0 Å². The van der Waals surface area contributed by atoms with Crippen LogP contribution in [0.4, 0.5) is 0 Å². The molecule has 2 aromatic rings. The minimum atomic E-state index is 0.484. The standard InChI is InChI=1S/C14H18N4OS/c1-19-13-8-4-5-11(9-13)10-20-14-15-16-17-18(14)12-6-2-3-7-12/h4-5,8-9,12H,2-3,6-7,10H2,1H3. The van der Waals surface area contributed by atoms with Crippen molar-refractivity contribution in [3.05, 3.63) is 29.8 Å². The molecular formula is C14H18N4OS. The number of rotatable bonds is 5. The molecule has 0 spiro atoms. The van der Waals surface area contributed by atoms with Crippen molar-refractivity contribution in [3.63, 3.8) is 0 Å². The lowest BCUT2D eigenvalue weighted by atomic mass is 10.2. The molecule has 20 heavy (non-hydrogen) atoms. The van der Waals surface area contributed by atoms with Gasteiger partial charge in [0, 0.05) is 5.75 Å².